The first-order valence-electron chi connectivity index (χ1n) is 7.31. The van der Waals surface area contributed by atoms with Gasteiger partial charge in [0.1, 0.15) is 0 Å². The molecule has 1 amide bonds. The van der Waals surface area contributed by atoms with E-state index in [0.29, 0.717) is 17.9 Å². The Morgan fingerprint density at radius 2 is 2.00 bits per heavy atom. The highest BCUT2D eigenvalue weighted by Crippen LogP contribution is 2.31. The normalized spacial score (nSPS) is 26.4. The number of benzene rings is 1. The first-order valence-corrected chi connectivity index (χ1v) is 7.31. The number of carbonyl (C=O) groups excluding carboxylic acids is 1. The Morgan fingerprint density at radius 3 is 2.58 bits per heavy atom. The van der Waals surface area contributed by atoms with Crippen molar-refractivity contribution in [2.45, 2.75) is 32.4 Å². The van der Waals surface area contributed by atoms with Crippen LogP contribution in [0.15, 0.2) is 30.3 Å². The van der Waals surface area contributed by atoms with Crippen LogP contribution in [0.4, 0.5) is 0 Å². The zero-order chi connectivity index (χ0) is 13.2. The molecule has 2 atom stereocenters. The van der Waals surface area contributed by atoms with E-state index in [1.807, 2.05) is 18.2 Å². The molecule has 3 nitrogen and oxygen atoms in total. The molecule has 3 rings (SSSR count). The smallest absolute Gasteiger partial charge is 0.227 e. The topological polar surface area (TPSA) is 32.3 Å². The van der Waals surface area contributed by atoms with Crippen molar-refractivity contribution in [2.24, 2.45) is 11.8 Å². The average molecular weight is 258 g/mol. The summed E-state index contributed by atoms with van der Waals surface area (Å²) < 4.78 is 0. The van der Waals surface area contributed by atoms with Gasteiger partial charge in [0, 0.05) is 19.1 Å². The molecule has 2 fully saturated rings. The van der Waals surface area contributed by atoms with Gasteiger partial charge in [-0.25, -0.2) is 0 Å². The number of hydrogen-bond acceptors (Lipinski definition) is 2. The zero-order valence-electron chi connectivity index (χ0n) is 11.5. The summed E-state index contributed by atoms with van der Waals surface area (Å²) in [6.07, 6.45) is 2.35. The van der Waals surface area contributed by atoms with Gasteiger partial charge in [-0.1, -0.05) is 37.3 Å². The molecule has 0 aromatic heterocycles. The van der Waals surface area contributed by atoms with Gasteiger partial charge in [-0.05, 0) is 30.9 Å². The summed E-state index contributed by atoms with van der Waals surface area (Å²) in [6, 6.07) is 10.8. The highest BCUT2D eigenvalue weighted by Gasteiger charge is 2.39. The van der Waals surface area contributed by atoms with E-state index in [-0.39, 0.29) is 5.92 Å². The second-order valence-electron chi connectivity index (χ2n) is 5.92. The Labute approximate surface area is 115 Å². The first-order chi connectivity index (χ1) is 9.25. The van der Waals surface area contributed by atoms with Gasteiger partial charge in [0.05, 0.1) is 5.92 Å². The maximum absolute atomic E-state index is 12.7. The molecule has 1 heterocycles. The van der Waals surface area contributed by atoms with E-state index in [9.17, 15) is 4.79 Å². The summed E-state index contributed by atoms with van der Waals surface area (Å²) in [4.78, 5) is 14.8. The molecule has 3 heteroatoms. The maximum Gasteiger partial charge on any atom is 0.227 e. The summed E-state index contributed by atoms with van der Waals surface area (Å²) in [7, 11) is 0. The first kappa shape index (κ1) is 12.7. The van der Waals surface area contributed by atoms with Gasteiger partial charge >= 0.3 is 0 Å². The lowest BCUT2D eigenvalue weighted by Gasteiger charge is -2.27. The summed E-state index contributed by atoms with van der Waals surface area (Å²) >= 11 is 0. The van der Waals surface area contributed by atoms with Crippen LogP contribution in [-0.4, -0.2) is 29.9 Å². The largest absolute Gasteiger partial charge is 0.335 e. The second kappa shape index (κ2) is 5.33. The van der Waals surface area contributed by atoms with Gasteiger partial charge in [-0.15, -0.1) is 0 Å². The summed E-state index contributed by atoms with van der Waals surface area (Å²) in [6.45, 7) is 4.77. The minimum atomic E-state index is 0.171. The third-order valence-corrected chi connectivity index (χ3v) is 4.30. The van der Waals surface area contributed by atoms with Crippen LogP contribution in [0.1, 0.15) is 25.3 Å². The van der Waals surface area contributed by atoms with Crippen LogP contribution < -0.4 is 5.32 Å². The van der Waals surface area contributed by atoms with Crippen molar-refractivity contribution in [1.29, 1.82) is 0 Å². The Kier molecular flexibility index (Phi) is 3.56. The molecule has 0 radical (unpaired) electrons. The molecular formula is C16H22N2O. The quantitative estimate of drug-likeness (QED) is 0.896. The van der Waals surface area contributed by atoms with Gasteiger partial charge in [0.15, 0.2) is 0 Å². The Balaban J connectivity index is 1.72. The molecule has 1 aliphatic carbocycles. The molecule has 1 saturated heterocycles. The fraction of sp³-hybridized carbons (Fsp3) is 0.562. The summed E-state index contributed by atoms with van der Waals surface area (Å²) in [5.41, 5.74) is 1.24. The zero-order valence-corrected chi connectivity index (χ0v) is 11.5. The average Bonchev–Trinajstić information content (AvgIpc) is 3.18. The highest BCUT2D eigenvalue weighted by molar-refractivity contribution is 5.80. The fourth-order valence-corrected chi connectivity index (χ4v) is 2.91. The predicted octanol–water partition coefficient (Wildman–Crippen LogP) is 2.03. The van der Waals surface area contributed by atoms with Crippen molar-refractivity contribution < 1.29 is 4.79 Å². The van der Waals surface area contributed by atoms with Gasteiger partial charge < -0.3 is 10.2 Å². The van der Waals surface area contributed by atoms with E-state index < -0.39 is 0 Å². The van der Waals surface area contributed by atoms with Crippen LogP contribution in [0.5, 0.6) is 0 Å². The van der Waals surface area contributed by atoms with Crippen LogP contribution in [0.3, 0.4) is 0 Å². The number of carbonyl (C=O) groups is 1. The van der Waals surface area contributed by atoms with E-state index in [1.54, 1.807) is 0 Å². The lowest BCUT2D eigenvalue weighted by molar-refractivity contribution is -0.137. The lowest BCUT2D eigenvalue weighted by Crippen LogP contribution is -2.39. The molecule has 2 aliphatic rings. The Bertz CT molecular complexity index is 441. The van der Waals surface area contributed by atoms with Crippen LogP contribution in [-0.2, 0) is 11.3 Å². The second-order valence-corrected chi connectivity index (χ2v) is 5.92. The molecule has 0 bridgehead atoms. The predicted molar refractivity (Wildman–Crippen MR) is 75.5 cm³/mol. The van der Waals surface area contributed by atoms with Crippen molar-refractivity contribution in [3.8, 4) is 0 Å². The molecule has 1 aromatic carbocycles. The standard InChI is InChI=1S/C16H22N2O/c1-12-9-17-10-15(12)16(19)18(14-7-8-14)11-13-5-3-2-4-6-13/h2-6,12,14-15,17H,7-11H2,1H3. The van der Waals surface area contributed by atoms with Crippen LogP contribution in [0, 0.1) is 11.8 Å². The fourth-order valence-electron chi connectivity index (χ4n) is 2.91. The Hall–Kier alpha value is -1.35. The van der Waals surface area contributed by atoms with Gasteiger partial charge in [-0.3, -0.25) is 4.79 Å². The molecule has 0 spiro atoms. The summed E-state index contributed by atoms with van der Waals surface area (Å²) in [5.74, 6) is 0.984. The van der Waals surface area contributed by atoms with Crippen molar-refractivity contribution in [1.82, 2.24) is 10.2 Å². The SMILES string of the molecule is CC1CNCC1C(=O)N(Cc1ccccc1)C1CC1. The van der Waals surface area contributed by atoms with Crippen molar-refractivity contribution in [3.05, 3.63) is 35.9 Å². The van der Waals surface area contributed by atoms with E-state index in [2.05, 4.69) is 29.3 Å². The molecule has 19 heavy (non-hydrogen) atoms. The molecule has 102 valence electrons. The molecular weight excluding hydrogens is 236 g/mol. The molecule has 1 saturated carbocycles. The Morgan fingerprint density at radius 1 is 1.26 bits per heavy atom. The van der Waals surface area contributed by atoms with Crippen LogP contribution in [0.25, 0.3) is 0 Å². The van der Waals surface area contributed by atoms with Crippen LogP contribution in [0.2, 0.25) is 0 Å². The van der Waals surface area contributed by atoms with Crippen molar-refractivity contribution in [2.75, 3.05) is 13.1 Å². The number of nitrogens with zero attached hydrogens (tertiary/aromatic N) is 1. The third kappa shape index (κ3) is 2.81. The van der Waals surface area contributed by atoms with E-state index in [0.717, 1.165) is 19.6 Å². The molecule has 1 aliphatic heterocycles. The lowest BCUT2D eigenvalue weighted by atomic mass is 9.96. The van der Waals surface area contributed by atoms with Crippen molar-refractivity contribution in [3.63, 3.8) is 0 Å². The monoisotopic (exact) mass is 258 g/mol. The van der Waals surface area contributed by atoms with E-state index in [4.69, 9.17) is 0 Å². The van der Waals surface area contributed by atoms with Crippen molar-refractivity contribution >= 4 is 5.91 Å². The van der Waals surface area contributed by atoms with E-state index in [1.165, 1.54) is 18.4 Å². The minimum absolute atomic E-state index is 0.171. The number of hydrogen-bond donors (Lipinski definition) is 1. The maximum atomic E-state index is 12.7. The van der Waals surface area contributed by atoms with Gasteiger partial charge in [-0.2, -0.15) is 0 Å². The molecule has 1 aromatic rings. The van der Waals surface area contributed by atoms with Crippen LogP contribution >= 0.6 is 0 Å². The van der Waals surface area contributed by atoms with E-state index >= 15 is 0 Å². The highest BCUT2D eigenvalue weighted by atomic mass is 16.2. The number of nitrogens with one attached hydrogen (secondary N) is 1. The van der Waals surface area contributed by atoms with Gasteiger partial charge in [0.25, 0.3) is 0 Å². The number of amides is 1. The van der Waals surface area contributed by atoms with Gasteiger partial charge in [0.2, 0.25) is 5.91 Å². The third-order valence-electron chi connectivity index (χ3n) is 4.30. The minimum Gasteiger partial charge on any atom is -0.335 e. The molecule has 2 unspecified atom stereocenters. The molecule has 1 N–H and O–H groups in total. The summed E-state index contributed by atoms with van der Waals surface area (Å²) in [5, 5.41) is 3.33. The number of rotatable bonds is 4.